The molecule has 0 saturated heterocycles. The first-order valence-corrected chi connectivity index (χ1v) is 7.18. The highest BCUT2D eigenvalue weighted by molar-refractivity contribution is 9.10. The van der Waals surface area contributed by atoms with Gasteiger partial charge in [0.1, 0.15) is 0 Å². The molecular formula is C16H14BrN3. The van der Waals surface area contributed by atoms with Crippen LogP contribution in [-0.2, 0) is 0 Å². The van der Waals surface area contributed by atoms with Gasteiger partial charge in [0.05, 0.1) is 18.1 Å². The summed E-state index contributed by atoms with van der Waals surface area (Å²) in [6.45, 7) is 0. The van der Waals surface area contributed by atoms with Crippen molar-refractivity contribution in [2.24, 2.45) is 0 Å². The van der Waals surface area contributed by atoms with E-state index in [1.807, 2.05) is 42.6 Å². The molecule has 3 rings (SSSR count). The van der Waals surface area contributed by atoms with Crippen molar-refractivity contribution in [3.8, 4) is 0 Å². The quantitative estimate of drug-likeness (QED) is 0.746. The third-order valence-corrected chi connectivity index (χ3v) is 3.84. The summed E-state index contributed by atoms with van der Waals surface area (Å²) in [5.41, 5.74) is 3.18. The highest BCUT2D eigenvalue weighted by Crippen LogP contribution is 2.30. The standard InChI is InChI=1S/C16H14BrN3/c17-14-9-5-4-8-13(14)16(15-10-18-11-19-15)20-12-6-2-1-3-7-12/h1-11,16,20H,(H,18,19). The maximum atomic E-state index is 4.39. The monoisotopic (exact) mass is 327 g/mol. The molecule has 0 aliphatic heterocycles. The van der Waals surface area contributed by atoms with Crippen LogP contribution >= 0.6 is 15.9 Å². The van der Waals surface area contributed by atoms with Gasteiger partial charge in [-0.2, -0.15) is 0 Å². The van der Waals surface area contributed by atoms with Crippen molar-refractivity contribution in [2.45, 2.75) is 6.04 Å². The number of aromatic nitrogens is 2. The van der Waals surface area contributed by atoms with Gasteiger partial charge in [0.25, 0.3) is 0 Å². The molecule has 0 saturated carbocycles. The summed E-state index contributed by atoms with van der Waals surface area (Å²) in [5, 5.41) is 3.53. The van der Waals surface area contributed by atoms with E-state index in [0.29, 0.717) is 0 Å². The Morgan fingerprint density at radius 2 is 1.75 bits per heavy atom. The minimum Gasteiger partial charge on any atom is -0.373 e. The maximum absolute atomic E-state index is 4.39. The first kappa shape index (κ1) is 12.9. The molecule has 1 atom stereocenters. The number of halogens is 1. The molecule has 100 valence electrons. The van der Waals surface area contributed by atoms with Crippen LogP contribution in [0, 0.1) is 0 Å². The van der Waals surface area contributed by atoms with Gasteiger partial charge < -0.3 is 10.3 Å². The second-order valence-electron chi connectivity index (χ2n) is 4.46. The molecule has 4 heteroatoms. The molecule has 2 aromatic carbocycles. The first-order valence-electron chi connectivity index (χ1n) is 6.39. The number of para-hydroxylation sites is 1. The fourth-order valence-electron chi connectivity index (χ4n) is 2.15. The number of benzene rings is 2. The van der Waals surface area contributed by atoms with Crippen LogP contribution in [0.2, 0.25) is 0 Å². The number of hydrogen-bond acceptors (Lipinski definition) is 2. The zero-order chi connectivity index (χ0) is 13.8. The molecule has 0 aliphatic rings. The van der Waals surface area contributed by atoms with Crippen LogP contribution in [0.1, 0.15) is 17.3 Å². The molecule has 1 unspecified atom stereocenters. The number of hydrogen-bond donors (Lipinski definition) is 2. The van der Waals surface area contributed by atoms with Crippen molar-refractivity contribution in [2.75, 3.05) is 5.32 Å². The number of H-pyrrole nitrogens is 1. The average molecular weight is 328 g/mol. The van der Waals surface area contributed by atoms with Crippen LogP contribution in [0.5, 0.6) is 0 Å². The third-order valence-electron chi connectivity index (χ3n) is 3.12. The van der Waals surface area contributed by atoms with Gasteiger partial charge in [-0.05, 0) is 23.8 Å². The smallest absolute Gasteiger partial charge is 0.0966 e. The third kappa shape index (κ3) is 2.75. The van der Waals surface area contributed by atoms with Gasteiger partial charge in [-0.15, -0.1) is 0 Å². The summed E-state index contributed by atoms with van der Waals surface area (Å²) in [7, 11) is 0. The van der Waals surface area contributed by atoms with E-state index >= 15 is 0 Å². The van der Waals surface area contributed by atoms with Crippen LogP contribution in [0.4, 0.5) is 5.69 Å². The Morgan fingerprint density at radius 1 is 1.00 bits per heavy atom. The van der Waals surface area contributed by atoms with E-state index in [-0.39, 0.29) is 6.04 Å². The summed E-state index contributed by atoms with van der Waals surface area (Å²) >= 11 is 3.62. The summed E-state index contributed by atoms with van der Waals surface area (Å²) < 4.78 is 1.07. The molecule has 20 heavy (non-hydrogen) atoms. The van der Waals surface area contributed by atoms with Gasteiger partial charge in [0.15, 0.2) is 0 Å². The number of nitrogens with zero attached hydrogens (tertiary/aromatic N) is 1. The van der Waals surface area contributed by atoms with Crippen molar-refractivity contribution in [1.82, 2.24) is 9.97 Å². The lowest BCUT2D eigenvalue weighted by Gasteiger charge is -2.20. The van der Waals surface area contributed by atoms with Crippen LogP contribution in [0.3, 0.4) is 0 Å². The minimum absolute atomic E-state index is 0.000718. The molecule has 0 amide bonds. The molecule has 1 heterocycles. The molecule has 2 N–H and O–H groups in total. The van der Waals surface area contributed by atoms with Crippen molar-refractivity contribution < 1.29 is 0 Å². The normalized spacial score (nSPS) is 12.1. The molecule has 0 radical (unpaired) electrons. The molecule has 0 aliphatic carbocycles. The van der Waals surface area contributed by atoms with E-state index in [4.69, 9.17) is 0 Å². The van der Waals surface area contributed by atoms with Crippen LogP contribution in [0.25, 0.3) is 0 Å². The van der Waals surface area contributed by atoms with Crippen molar-refractivity contribution in [1.29, 1.82) is 0 Å². The van der Waals surface area contributed by atoms with Crippen LogP contribution in [0.15, 0.2) is 71.6 Å². The molecule has 0 bridgehead atoms. The van der Waals surface area contributed by atoms with E-state index in [1.54, 1.807) is 6.33 Å². The average Bonchev–Trinajstić information content (AvgIpc) is 3.01. The maximum Gasteiger partial charge on any atom is 0.0966 e. The number of rotatable bonds is 4. The summed E-state index contributed by atoms with van der Waals surface area (Å²) in [5.74, 6) is 0. The molecule has 3 nitrogen and oxygen atoms in total. The minimum atomic E-state index is -0.000718. The van der Waals surface area contributed by atoms with Gasteiger partial charge in [-0.1, -0.05) is 52.3 Å². The number of aromatic amines is 1. The van der Waals surface area contributed by atoms with E-state index in [1.165, 1.54) is 0 Å². The Balaban J connectivity index is 1.99. The van der Waals surface area contributed by atoms with E-state index < -0.39 is 0 Å². The van der Waals surface area contributed by atoms with E-state index in [9.17, 15) is 0 Å². The highest BCUT2D eigenvalue weighted by atomic mass is 79.9. The Labute approximate surface area is 126 Å². The lowest BCUT2D eigenvalue weighted by Crippen LogP contribution is -2.13. The number of nitrogens with one attached hydrogen (secondary N) is 2. The Kier molecular flexibility index (Phi) is 3.83. The zero-order valence-corrected chi connectivity index (χ0v) is 12.3. The Bertz CT molecular complexity index is 665. The number of imidazole rings is 1. The summed E-state index contributed by atoms with van der Waals surface area (Å²) in [6.07, 6.45) is 3.62. The Hall–Kier alpha value is -2.07. The largest absolute Gasteiger partial charge is 0.373 e. The fourth-order valence-corrected chi connectivity index (χ4v) is 2.66. The summed E-state index contributed by atoms with van der Waals surface area (Å²) in [6, 6.07) is 18.3. The number of anilines is 1. The molecule has 0 fully saturated rings. The topological polar surface area (TPSA) is 40.7 Å². The van der Waals surface area contributed by atoms with Crippen LogP contribution < -0.4 is 5.32 Å². The fraction of sp³-hybridized carbons (Fsp3) is 0.0625. The lowest BCUT2D eigenvalue weighted by molar-refractivity contribution is 0.894. The van der Waals surface area contributed by atoms with Crippen LogP contribution in [-0.4, -0.2) is 9.97 Å². The molecular weight excluding hydrogens is 314 g/mol. The van der Waals surface area contributed by atoms with Gasteiger partial charge in [0.2, 0.25) is 0 Å². The molecule has 3 aromatic rings. The van der Waals surface area contributed by atoms with Crippen molar-refractivity contribution in [3.63, 3.8) is 0 Å². The highest BCUT2D eigenvalue weighted by Gasteiger charge is 2.18. The first-order chi connectivity index (χ1) is 9.84. The van der Waals surface area contributed by atoms with Gasteiger partial charge >= 0.3 is 0 Å². The van der Waals surface area contributed by atoms with Crippen molar-refractivity contribution >= 4 is 21.6 Å². The molecule has 1 aromatic heterocycles. The predicted octanol–water partition coefficient (Wildman–Crippen LogP) is 4.37. The van der Waals surface area contributed by atoms with Gasteiger partial charge in [0, 0.05) is 16.4 Å². The SMILES string of the molecule is Brc1ccccc1C(Nc1ccccc1)c1c[nH]cn1. The van der Waals surface area contributed by atoms with E-state index in [0.717, 1.165) is 21.4 Å². The van der Waals surface area contributed by atoms with Gasteiger partial charge in [-0.3, -0.25) is 0 Å². The predicted molar refractivity (Wildman–Crippen MR) is 84.6 cm³/mol. The lowest BCUT2D eigenvalue weighted by atomic mass is 10.0. The van der Waals surface area contributed by atoms with Gasteiger partial charge in [-0.25, -0.2) is 4.98 Å². The zero-order valence-electron chi connectivity index (χ0n) is 10.8. The van der Waals surface area contributed by atoms with Crippen molar-refractivity contribution in [3.05, 3.63) is 82.9 Å². The second-order valence-corrected chi connectivity index (χ2v) is 5.31. The Morgan fingerprint density at radius 3 is 2.45 bits per heavy atom. The second kappa shape index (κ2) is 5.92. The molecule has 0 spiro atoms. The van der Waals surface area contributed by atoms with E-state index in [2.05, 4.69) is 49.4 Å². The summed E-state index contributed by atoms with van der Waals surface area (Å²) in [4.78, 5) is 7.41.